The average molecular weight is 357 g/mol. The Morgan fingerprint density at radius 1 is 0.815 bits per heavy atom. The zero-order chi connectivity index (χ0) is 19.0. The van der Waals surface area contributed by atoms with Gasteiger partial charge in [-0.1, -0.05) is 48.0 Å². The lowest BCUT2D eigenvalue weighted by Crippen LogP contribution is -2.23. The van der Waals surface area contributed by atoms with E-state index < -0.39 is 11.7 Å². The fourth-order valence-electron chi connectivity index (χ4n) is 2.93. The van der Waals surface area contributed by atoms with Gasteiger partial charge in [0, 0.05) is 16.7 Å². The van der Waals surface area contributed by atoms with Crippen LogP contribution in [0.15, 0.2) is 82.0 Å². The molecule has 0 atom stereocenters. The highest BCUT2D eigenvalue weighted by atomic mass is 16.4. The van der Waals surface area contributed by atoms with Crippen molar-refractivity contribution in [1.82, 2.24) is 4.57 Å². The van der Waals surface area contributed by atoms with Gasteiger partial charge in [0.05, 0.1) is 5.52 Å². The van der Waals surface area contributed by atoms with Crippen LogP contribution < -0.4 is 5.76 Å². The van der Waals surface area contributed by atoms with Crippen molar-refractivity contribution in [3.63, 3.8) is 0 Å². The van der Waals surface area contributed by atoms with Gasteiger partial charge in [0.25, 0.3) is 5.91 Å². The SMILES string of the molecule is Cc1ccc(C(=O)n2c(=O)oc3cc(C(=O)c4ccccc4)ccc32)cc1. The largest absolute Gasteiger partial charge is 0.427 e. The van der Waals surface area contributed by atoms with E-state index in [9.17, 15) is 14.4 Å². The molecule has 0 aliphatic heterocycles. The zero-order valence-electron chi connectivity index (χ0n) is 14.5. The van der Waals surface area contributed by atoms with Gasteiger partial charge < -0.3 is 4.42 Å². The van der Waals surface area contributed by atoms with Crippen molar-refractivity contribution in [2.45, 2.75) is 6.92 Å². The third-order valence-corrected chi connectivity index (χ3v) is 4.38. The Morgan fingerprint density at radius 3 is 2.19 bits per heavy atom. The summed E-state index contributed by atoms with van der Waals surface area (Å²) in [7, 11) is 0. The van der Waals surface area contributed by atoms with Crippen LogP contribution >= 0.6 is 0 Å². The predicted octanol–water partition coefficient (Wildman–Crippen LogP) is 3.82. The van der Waals surface area contributed by atoms with Gasteiger partial charge in [-0.2, -0.15) is 0 Å². The van der Waals surface area contributed by atoms with Crippen molar-refractivity contribution in [3.8, 4) is 0 Å². The minimum atomic E-state index is -0.778. The summed E-state index contributed by atoms with van der Waals surface area (Å²) >= 11 is 0. The normalized spacial score (nSPS) is 10.9. The van der Waals surface area contributed by atoms with E-state index in [1.54, 1.807) is 60.7 Å². The molecule has 0 aliphatic carbocycles. The van der Waals surface area contributed by atoms with Gasteiger partial charge in [-0.15, -0.1) is 0 Å². The Morgan fingerprint density at radius 2 is 1.48 bits per heavy atom. The molecule has 0 amide bonds. The Bertz CT molecular complexity index is 1210. The third-order valence-electron chi connectivity index (χ3n) is 4.38. The molecule has 132 valence electrons. The van der Waals surface area contributed by atoms with Crippen LogP contribution in [0.1, 0.15) is 31.8 Å². The highest BCUT2D eigenvalue weighted by Crippen LogP contribution is 2.19. The number of aryl methyl sites for hydroxylation is 1. The number of ketones is 1. The molecule has 4 rings (SSSR count). The Balaban J connectivity index is 1.77. The minimum Gasteiger partial charge on any atom is -0.407 e. The van der Waals surface area contributed by atoms with Crippen molar-refractivity contribution in [2.75, 3.05) is 0 Å². The molecule has 27 heavy (non-hydrogen) atoms. The molecule has 3 aromatic carbocycles. The first kappa shape index (κ1) is 16.7. The molecule has 1 aromatic heterocycles. The Kier molecular flexibility index (Phi) is 4.05. The van der Waals surface area contributed by atoms with Gasteiger partial charge in [0.1, 0.15) is 0 Å². The second kappa shape index (κ2) is 6.53. The molecule has 5 heteroatoms. The van der Waals surface area contributed by atoms with Crippen molar-refractivity contribution in [1.29, 1.82) is 0 Å². The van der Waals surface area contributed by atoms with Gasteiger partial charge >= 0.3 is 5.76 Å². The summed E-state index contributed by atoms with van der Waals surface area (Å²) in [6, 6.07) is 20.4. The summed E-state index contributed by atoms with van der Waals surface area (Å²) in [5.74, 6) is -1.43. The first-order valence-corrected chi connectivity index (χ1v) is 8.41. The average Bonchev–Trinajstić information content (AvgIpc) is 3.03. The van der Waals surface area contributed by atoms with Gasteiger partial charge in [-0.3, -0.25) is 9.59 Å². The number of oxazole rings is 1. The number of rotatable bonds is 3. The number of hydrogen-bond acceptors (Lipinski definition) is 4. The van der Waals surface area contributed by atoms with Crippen molar-refractivity contribution in [3.05, 3.63) is 106 Å². The van der Waals surface area contributed by atoms with Crippen molar-refractivity contribution < 1.29 is 14.0 Å². The molecular formula is C22H15NO4. The van der Waals surface area contributed by atoms with E-state index in [1.807, 2.05) is 13.0 Å². The molecule has 0 N–H and O–H groups in total. The number of hydrogen-bond donors (Lipinski definition) is 0. The predicted molar refractivity (Wildman–Crippen MR) is 101 cm³/mol. The summed E-state index contributed by atoms with van der Waals surface area (Å²) in [4.78, 5) is 37.6. The van der Waals surface area contributed by atoms with Crippen LogP contribution in [0.3, 0.4) is 0 Å². The van der Waals surface area contributed by atoms with Crippen LogP contribution in [0.2, 0.25) is 0 Å². The summed E-state index contributed by atoms with van der Waals surface area (Å²) < 4.78 is 6.21. The van der Waals surface area contributed by atoms with Crippen molar-refractivity contribution >= 4 is 22.8 Å². The standard InChI is InChI=1S/C22H15NO4/c1-14-7-9-16(10-8-14)21(25)23-18-12-11-17(13-19(18)27-22(23)26)20(24)15-5-3-2-4-6-15/h2-13H,1H3. The number of fused-ring (bicyclic) bond motifs is 1. The molecule has 0 radical (unpaired) electrons. The number of nitrogens with zero attached hydrogens (tertiary/aromatic N) is 1. The first-order valence-electron chi connectivity index (χ1n) is 8.41. The van der Waals surface area contributed by atoms with Gasteiger partial charge in [-0.05, 0) is 37.3 Å². The van der Waals surface area contributed by atoms with E-state index in [4.69, 9.17) is 4.42 Å². The summed E-state index contributed by atoms with van der Waals surface area (Å²) in [5.41, 5.74) is 2.85. The maximum Gasteiger partial charge on any atom is 0.427 e. The highest BCUT2D eigenvalue weighted by Gasteiger charge is 2.19. The molecule has 0 fully saturated rings. The van der Waals surface area contributed by atoms with E-state index in [1.165, 1.54) is 6.07 Å². The van der Waals surface area contributed by atoms with Crippen LogP contribution in [0.5, 0.6) is 0 Å². The van der Waals surface area contributed by atoms with Gasteiger partial charge in [0.15, 0.2) is 11.4 Å². The number of carbonyl (C=O) groups excluding carboxylic acids is 2. The second-order valence-electron chi connectivity index (χ2n) is 6.25. The fraction of sp³-hybridized carbons (Fsp3) is 0.0455. The topological polar surface area (TPSA) is 69.3 Å². The van der Waals surface area contributed by atoms with Gasteiger partial charge in [-0.25, -0.2) is 9.36 Å². The molecule has 5 nitrogen and oxygen atoms in total. The monoisotopic (exact) mass is 357 g/mol. The highest BCUT2D eigenvalue weighted by molar-refractivity contribution is 6.10. The van der Waals surface area contributed by atoms with Crippen LogP contribution in [0, 0.1) is 6.92 Å². The molecule has 0 saturated heterocycles. The lowest BCUT2D eigenvalue weighted by molar-refractivity contribution is 0.0956. The summed E-state index contributed by atoms with van der Waals surface area (Å²) in [6.45, 7) is 1.92. The molecular weight excluding hydrogens is 342 g/mol. The molecule has 1 heterocycles. The number of benzene rings is 3. The third kappa shape index (κ3) is 3.00. The molecule has 0 spiro atoms. The molecule has 4 aromatic rings. The molecule has 0 aliphatic rings. The van der Waals surface area contributed by atoms with E-state index in [-0.39, 0.29) is 11.4 Å². The molecule has 0 saturated carbocycles. The maximum absolute atomic E-state index is 12.7. The van der Waals surface area contributed by atoms with Crippen LogP contribution in [-0.4, -0.2) is 16.3 Å². The Labute approximate surface area is 154 Å². The first-order chi connectivity index (χ1) is 13.0. The smallest absolute Gasteiger partial charge is 0.407 e. The molecule has 0 unspecified atom stereocenters. The number of carbonyl (C=O) groups is 2. The lowest BCUT2D eigenvalue weighted by Gasteiger charge is -2.03. The molecule has 0 bridgehead atoms. The van der Waals surface area contributed by atoms with E-state index in [2.05, 4.69) is 0 Å². The maximum atomic E-state index is 12.7. The van der Waals surface area contributed by atoms with E-state index in [0.29, 0.717) is 22.2 Å². The minimum absolute atomic E-state index is 0.183. The van der Waals surface area contributed by atoms with Crippen LogP contribution in [-0.2, 0) is 0 Å². The zero-order valence-corrected chi connectivity index (χ0v) is 14.5. The second-order valence-corrected chi connectivity index (χ2v) is 6.25. The quantitative estimate of drug-likeness (QED) is 0.523. The number of aromatic nitrogens is 1. The van der Waals surface area contributed by atoms with Crippen molar-refractivity contribution in [2.24, 2.45) is 0 Å². The lowest BCUT2D eigenvalue weighted by atomic mass is 10.0. The van der Waals surface area contributed by atoms with E-state index >= 15 is 0 Å². The van der Waals surface area contributed by atoms with E-state index in [0.717, 1.165) is 10.1 Å². The fourth-order valence-corrected chi connectivity index (χ4v) is 2.93. The van der Waals surface area contributed by atoms with Gasteiger partial charge in [0.2, 0.25) is 0 Å². The summed E-state index contributed by atoms with van der Waals surface area (Å²) in [6.07, 6.45) is 0. The summed E-state index contributed by atoms with van der Waals surface area (Å²) in [5, 5.41) is 0. The van der Waals surface area contributed by atoms with Crippen LogP contribution in [0.25, 0.3) is 11.1 Å². The van der Waals surface area contributed by atoms with Crippen LogP contribution in [0.4, 0.5) is 0 Å². The Hall–Kier alpha value is -3.73.